The van der Waals surface area contributed by atoms with Gasteiger partial charge in [-0.25, -0.2) is 13.8 Å². The molecule has 0 spiro atoms. The predicted molar refractivity (Wildman–Crippen MR) is 90.4 cm³/mol. The van der Waals surface area contributed by atoms with Crippen molar-refractivity contribution in [3.8, 4) is 0 Å². The number of halogens is 4. The molecular formula is C14H13ClF2IN3. The highest BCUT2D eigenvalue weighted by atomic mass is 127. The molecule has 0 saturated heterocycles. The van der Waals surface area contributed by atoms with Crippen LogP contribution in [0.1, 0.15) is 13.3 Å². The van der Waals surface area contributed by atoms with Crippen LogP contribution >= 0.6 is 34.2 Å². The van der Waals surface area contributed by atoms with Crippen molar-refractivity contribution >= 4 is 51.5 Å². The summed E-state index contributed by atoms with van der Waals surface area (Å²) in [7, 11) is 0. The molecule has 0 fully saturated rings. The molecule has 0 amide bonds. The Morgan fingerprint density at radius 2 is 1.90 bits per heavy atom. The van der Waals surface area contributed by atoms with E-state index in [2.05, 4.69) is 38.2 Å². The quantitative estimate of drug-likeness (QED) is 0.651. The van der Waals surface area contributed by atoms with Gasteiger partial charge in [0.25, 0.3) is 0 Å². The largest absolute Gasteiger partial charge is 0.368 e. The van der Waals surface area contributed by atoms with Gasteiger partial charge in [0.05, 0.1) is 10.7 Å². The zero-order chi connectivity index (χ0) is 15.4. The second kappa shape index (κ2) is 7.22. The van der Waals surface area contributed by atoms with E-state index in [9.17, 15) is 8.78 Å². The Hall–Kier alpha value is -1.15. The molecular weight excluding hydrogens is 411 g/mol. The van der Waals surface area contributed by atoms with E-state index >= 15 is 0 Å². The Morgan fingerprint density at radius 1 is 1.19 bits per heavy atom. The van der Waals surface area contributed by atoms with Crippen LogP contribution in [0.15, 0.2) is 24.3 Å². The van der Waals surface area contributed by atoms with Gasteiger partial charge in [-0.1, -0.05) is 18.5 Å². The van der Waals surface area contributed by atoms with Crippen molar-refractivity contribution in [1.29, 1.82) is 0 Å². The summed E-state index contributed by atoms with van der Waals surface area (Å²) in [6, 6.07) is 6.08. The first-order valence-corrected chi connectivity index (χ1v) is 7.79. The van der Waals surface area contributed by atoms with Crippen LogP contribution in [-0.4, -0.2) is 11.5 Å². The summed E-state index contributed by atoms with van der Waals surface area (Å²) in [5.41, 5.74) is 0.511. The van der Waals surface area contributed by atoms with Gasteiger partial charge in [-0.05, 0) is 47.2 Å². The summed E-state index contributed by atoms with van der Waals surface area (Å²) in [6.45, 7) is 2.50. The normalized spacial score (nSPS) is 10.5. The van der Waals surface area contributed by atoms with E-state index in [-0.39, 0.29) is 11.6 Å². The van der Waals surface area contributed by atoms with Gasteiger partial charge < -0.3 is 10.6 Å². The molecule has 0 saturated carbocycles. The van der Waals surface area contributed by atoms with E-state index in [1.165, 1.54) is 0 Å². The van der Waals surface area contributed by atoms with E-state index in [1.54, 1.807) is 12.1 Å². The fourth-order valence-corrected chi connectivity index (χ4v) is 2.54. The number of anilines is 3. The maximum absolute atomic E-state index is 13.8. The van der Waals surface area contributed by atoms with E-state index in [0.29, 0.717) is 17.3 Å². The summed E-state index contributed by atoms with van der Waals surface area (Å²) in [4.78, 5) is 3.94. The highest BCUT2D eigenvalue weighted by molar-refractivity contribution is 14.1. The van der Waals surface area contributed by atoms with E-state index in [0.717, 1.165) is 16.1 Å². The lowest BCUT2D eigenvalue weighted by atomic mass is 10.3. The Bertz CT molecular complexity index is 652. The number of hydrogen-bond acceptors (Lipinski definition) is 3. The Balaban J connectivity index is 2.30. The van der Waals surface area contributed by atoms with Gasteiger partial charge in [0, 0.05) is 16.2 Å². The summed E-state index contributed by atoms with van der Waals surface area (Å²) in [6.07, 6.45) is 0.810. The number of rotatable bonds is 5. The third-order valence-electron chi connectivity index (χ3n) is 2.66. The van der Waals surface area contributed by atoms with Gasteiger partial charge in [-0.15, -0.1) is 0 Å². The second-order valence-corrected chi connectivity index (χ2v) is 5.98. The Morgan fingerprint density at radius 3 is 2.57 bits per heavy atom. The van der Waals surface area contributed by atoms with Crippen molar-refractivity contribution in [1.82, 2.24) is 4.98 Å². The van der Waals surface area contributed by atoms with Crippen molar-refractivity contribution in [3.05, 3.63) is 44.5 Å². The summed E-state index contributed by atoms with van der Waals surface area (Å²) >= 11 is 8.20. The zero-order valence-electron chi connectivity index (χ0n) is 11.2. The number of nitrogens with one attached hydrogen (secondary N) is 2. The molecule has 2 N–H and O–H groups in total. The maximum atomic E-state index is 13.8. The molecule has 0 unspecified atom stereocenters. The lowest BCUT2D eigenvalue weighted by Gasteiger charge is -2.12. The number of nitrogens with zero attached hydrogens (tertiary/aromatic N) is 1. The molecule has 0 radical (unpaired) electrons. The molecule has 0 aliphatic rings. The van der Waals surface area contributed by atoms with Crippen molar-refractivity contribution in [2.24, 2.45) is 0 Å². The minimum Gasteiger partial charge on any atom is -0.368 e. The Labute approximate surface area is 140 Å². The minimum atomic E-state index is -0.774. The highest BCUT2D eigenvalue weighted by Gasteiger charge is 2.13. The molecule has 3 nitrogen and oxygen atoms in total. The summed E-state index contributed by atoms with van der Waals surface area (Å²) < 4.78 is 28.4. The number of benzene rings is 1. The third kappa shape index (κ3) is 4.16. The van der Waals surface area contributed by atoms with E-state index in [4.69, 9.17) is 11.6 Å². The van der Waals surface area contributed by atoms with Crippen molar-refractivity contribution in [3.63, 3.8) is 0 Å². The van der Waals surface area contributed by atoms with E-state index in [1.807, 2.05) is 13.0 Å². The molecule has 0 bridgehead atoms. The van der Waals surface area contributed by atoms with Gasteiger partial charge in [-0.3, -0.25) is 0 Å². The lowest BCUT2D eigenvalue weighted by Crippen LogP contribution is -2.07. The van der Waals surface area contributed by atoms with E-state index < -0.39 is 11.6 Å². The first-order valence-electron chi connectivity index (χ1n) is 6.33. The number of pyridine rings is 1. The van der Waals surface area contributed by atoms with Gasteiger partial charge >= 0.3 is 0 Å². The predicted octanol–water partition coefficient (Wildman–Crippen LogP) is 5.18. The molecule has 1 aromatic heterocycles. The van der Waals surface area contributed by atoms with Crippen LogP contribution in [0.25, 0.3) is 0 Å². The van der Waals surface area contributed by atoms with Crippen molar-refractivity contribution in [2.45, 2.75) is 13.3 Å². The lowest BCUT2D eigenvalue weighted by molar-refractivity contribution is 0.579. The molecule has 1 heterocycles. The molecule has 1 aromatic carbocycles. The molecule has 2 aromatic rings. The molecule has 0 atom stereocenters. The SMILES string of the molecule is CCCNc1nc(Nc2ccc(I)cc2Cl)c(F)cc1F. The van der Waals surface area contributed by atoms with Crippen LogP contribution in [0.2, 0.25) is 5.02 Å². The molecule has 21 heavy (non-hydrogen) atoms. The van der Waals surface area contributed by atoms with Crippen molar-refractivity contribution < 1.29 is 8.78 Å². The van der Waals surface area contributed by atoms with Gasteiger partial charge in [0.2, 0.25) is 0 Å². The maximum Gasteiger partial charge on any atom is 0.169 e. The van der Waals surface area contributed by atoms with Gasteiger partial charge in [-0.2, -0.15) is 0 Å². The molecule has 0 aliphatic heterocycles. The first-order chi connectivity index (χ1) is 10.0. The smallest absolute Gasteiger partial charge is 0.169 e. The van der Waals surface area contributed by atoms with Gasteiger partial charge in [0.15, 0.2) is 23.3 Å². The van der Waals surface area contributed by atoms with Crippen LogP contribution in [0.4, 0.5) is 26.1 Å². The average Bonchev–Trinajstić information content (AvgIpc) is 2.43. The zero-order valence-corrected chi connectivity index (χ0v) is 14.1. The summed E-state index contributed by atoms with van der Waals surface area (Å²) in [5.74, 6) is -1.55. The monoisotopic (exact) mass is 423 g/mol. The third-order valence-corrected chi connectivity index (χ3v) is 3.64. The van der Waals surface area contributed by atoms with Crippen LogP contribution in [0.3, 0.4) is 0 Å². The molecule has 7 heteroatoms. The van der Waals surface area contributed by atoms with Gasteiger partial charge in [0.1, 0.15) is 0 Å². The fraction of sp³-hybridized carbons (Fsp3) is 0.214. The van der Waals surface area contributed by atoms with Crippen LogP contribution in [-0.2, 0) is 0 Å². The van der Waals surface area contributed by atoms with Crippen LogP contribution in [0.5, 0.6) is 0 Å². The number of hydrogen-bond donors (Lipinski definition) is 2. The topological polar surface area (TPSA) is 37.0 Å². The summed E-state index contributed by atoms with van der Waals surface area (Å²) in [5, 5.41) is 6.04. The fourth-order valence-electron chi connectivity index (χ4n) is 1.64. The molecule has 112 valence electrons. The minimum absolute atomic E-state index is 0.0161. The highest BCUT2D eigenvalue weighted by Crippen LogP contribution is 2.28. The van der Waals surface area contributed by atoms with Crippen LogP contribution < -0.4 is 10.6 Å². The first kappa shape index (κ1) is 16.2. The number of aromatic nitrogens is 1. The van der Waals surface area contributed by atoms with Crippen molar-refractivity contribution in [2.75, 3.05) is 17.2 Å². The standard InChI is InChI=1S/C14H13ClF2IN3/c1-2-5-19-13-10(16)7-11(17)14(21-13)20-12-4-3-8(18)6-9(12)15/h3-4,6-7H,2,5H2,1H3,(H2,19,20,21). The molecule has 2 rings (SSSR count). The Kier molecular flexibility index (Phi) is 5.58. The second-order valence-electron chi connectivity index (χ2n) is 4.33. The molecule has 0 aliphatic carbocycles. The van der Waals surface area contributed by atoms with Crippen LogP contribution in [0, 0.1) is 15.2 Å². The average molecular weight is 424 g/mol.